The van der Waals surface area contributed by atoms with Crippen molar-refractivity contribution in [1.29, 1.82) is 0 Å². The summed E-state index contributed by atoms with van der Waals surface area (Å²) < 4.78 is 6.11. The number of hydrogen-bond acceptors (Lipinski definition) is 5. The molecule has 0 saturated carbocycles. The van der Waals surface area contributed by atoms with Gasteiger partial charge in [-0.3, -0.25) is 4.79 Å². The van der Waals surface area contributed by atoms with Crippen molar-refractivity contribution in [2.75, 3.05) is 25.6 Å². The van der Waals surface area contributed by atoms with Gasteiger partial charge in [0.1, 0.15) is 5.75 Å². The molecule has 0 aliphatic heterocycles. The molecule has 5 nitrogen and oxygen atoms in total. The standard InChI is InChI=1S/C15H16ClN3O2S/c1-19(2)11-4-3-5-12(8-11)21-10-15(20)18-17-9-13-6-7-14(16)22-13/h3-9H,10H2,1-2H3,(H,18,20). The lowest BCUT2D eigenvalue weighted by Gasteiger charge is -2.13. The van der Waals surface area contributed by atoms with Crippen LogP contribution >= 0.6 is 22.9 Å². The minimum Gasteiger partial charge on any atom is -0.484 e. The lowest BCUT2D eigenvalue weighted by molar-refractivity contribution is -0.123. The number of benzene rings is 1. The molecule has 1 aromatic heterocycles. The highest BCUT2D eigenvalue weighted by Gasteiger charge is 2.03. The summed E-state index contributed by atoms with van der Waals surface area (Å²) in [7, 11) is 3.88. The van der Waals surface area contributed by atoms with Crippen LogP contribution < -0.4 is 15.1 Å². The Bertz CT molecular complexity index is 670. The van der Waals surface area contributed by atoms with Gasteiger partial charge in [-0.25, -0.2) is 5.43 Å². The maximum absolute atomic E-state index is 11.6. The van der Waals surface area contributed by atoms with Gasteiger partial charge in [0, 0.05) is 30.7 Å². The van der Waals surface area contributed by atoms with E-state index >= 15 is 0 Å². The molecule has 2 aromatic rings. The summed E-state index contributed by atoms with van der Waals surface area (Å²) in [5.41, 5.74) is 3.41. The van der Waals surface area contributed by atoms with Crippen molar-refractivity contribution in [1.82, 2.24) is 5.43 Å². The zero-order valence-corrected chi connectivity index (χ0v) is 13.8. The smallest absolute Gasteiger partial charge is 0.277 e. The van der Waals surface area contributed by atoms with E-state index in [1.807, 2.05) is 43.3 Å². The van der Waals surface area contributed by atoms with E-state index in [9.17, 15) is 4.79 Å². The van der Waals surface area contributed by atoms with Crippen molar-refractivity contribution >= 4 is 40.7 Å². The monoisotopic (exact) mass is 337 g/mol. The van der Waals surface area contributed by atoms with E-state index in [0.717, 1.165) is 10.6 Å². The Kier molecular flexibility index (Phi) is 5.80. The summed E-state index contributed by atoms with van der Waals surface area (Å²) in [6.45, 7) is -0.0978. The van der Waals surface area contributed by atoms with Crippen LogP contribution in [0.25, 0.3) is 0 Å². The van der Waals surface area contributed by atoms with Crippen molar-refractivity contribution < 1.29 is 9.53 Å². The summed E-state index contributed by atoms with van der Waals surface area (Å²) in [5.74, 6) is 0.310. The van der Waals surface area contributed by atoms with Gasteiger partial charge in [-0.15, -0.1) is 11.3 Å². The Labute approximate surface area is 138 Å². The molecule has 22 heavy (non-hydrogen) atoms. The van der Waals surface area contributed by atoms with Gasteiger partial charge in [0.15, 0.2) is 6.61 Å². The highest BCUT2D eigenvalue weighted by molar-refractivity contribution is 7.17. The second-order valence-electron chi connectivity index (χ2n) is 4.62. The van der Waals surface area contributed by atoms with Crippen molar-refractivity contribution in [2.45, 2.75) is 0 Å². The number of ether oxygens (including phenoxy) is 1. The first-order chi connectivity index (χ1) is 10.5. The Morgan fingerprint density at radius 3 is 2.91 bits per heavy atom. The second-order valence-corrected chi connectivity index (χ2v) is 6.36. The maximum atomic E-state index is 11.6. The van der Waals surface area contributed by atoms with Gasteiger partial charge in [0.25, 0.3) is 5.91 Å². The summed E-state index contributed by atoms with van der Waals surface area (Å²) in [6, 6.07) is 11.1. The quantitative estimate of drug-likeness (QED) is 0.651. The van der Waals surface area contributed by atoms with E-state index in [2.05, 4.69) is 10.5 Å². The number of carbonyl (C=O) groups is 1. The van der Waals surface area contributed by atoms with Crippen LogP contribution in [-0.4, -0.2) is 32.8 Å². The van der Waals surface area contributed by atoms with Gasteiger partial charge < -0.3 is 9.64 Å². The zero-order chi connectivity index (χ0) is 15.9. The van der Waals surface area contributed by atoms with Gasteiger partial charge in [-0.05, 0) is 24.3 Å². The molecule has 0 aliphatic carbocycles. The Balaban J connectivity index is 1.80. The summed E-state index contributed by atoms with van der Waals surface area (Å²) in [4.78, 5) is 14.5. The molecular weight excluding hydrogens is 322 g/mol. The van der Waals surface area contributed by atoms with E-state index < -0.39 is 0 Å². The maximum Gasteiger partial charge on any atom is 0.277 e. The van der Waals surface area contributed by atoms with Crippen LogP contribution in [0.15, 0.2) is 41.5 Å². The number of nitrogens with zero attached hydrogens (tertiary/aromatic N) is 2. The Morgan fingerprint density at radius 2 is 2.23 bits per heavy atom. The normalized spacial score (nSPS) is 10.7. The van der Waals surface area contributed by atoms with Gasteiger partial charge >= 0.3 is 0 Å². The van der Waals surface area contributed by atoms with Crippen LogP contribution in [0.5, 0.6) is 5.75 Å². The average Bonchev–Trinajstić information content (AvgIpc) is 2.91. The SMILES string of the molecule is CN(C)c1cccc(OCC(=O)NN=Cc2ccc(Cl)s2)c1. The lowest BCUT2D eigenvalue weighted by Crippen LogP contribution is -2.24. The second kappa shape index (κ2) is 7.82. The number of anilines is 1. The first-order valence-corrected chi connectivity index (χ1v) is 7.71. The summed E-state index contributed by atoms with van der Waals surface area (Å²) >= 11 is 7.18. The van der Waals surface area contributed by atoms with Crippen LogP contribution in [0.3, 0.4) is 0 Å². The van der Waals surface area contributed by atoms with E-state index in [1.54, 1.807) is 18.3 Å². The molecule has 0 unspecified atom stereocenters. The molecule has 0 atom stereocenters. The first kappa shape index (κ1) is 16.3. The fourth-order valence-corrected chi connectivity index (χ4v) is 2.53. The minimum absolute atomic E-state index is 0.0978. The van der Waals surface area contributed by atoms with Crippen molar-refractivity contribution in [3.8, 4) is 5.75 Å². The minimum atomic E-state index is -0.325. The molecule has 0 aliphatic rings. The molecule has 0 bridgehead atoms. The predicted molar refractivity (Wildman–Crippen MR) is 91.3 cm³/mol. The van der Waals surface area contributed by atoms with E-state index in [1.165, 1.54) is 11.3 Å². The number of thiophene rings is 1. The molecule has 0 radical (unpaired) electrons. The molecule has 1 heterocycles. The number of halogens is 1. The van der Waals surface area contributed by atoms with Crippen molar-refractivity contribution in [2.24, 2.45) is 5.10 Å². The number of carbonyl (C=O) groups excluding carboxylic acids is 1. The van der Waals surface area contributed by atoms with Gasteiger partial charge in [-0.2, -0.15) is 5.10 Å². The number of amides is 1. The topological polar surface area (TPSA) is 53.9 Å². The first-order valence-electron chi connectivity index (χ1n) is 6.52. The highest BCUT2D eigenvalue weighted by atomic mass is 35.5. The molecular formula is C15H16ClN3O2S. The van der Waals surface area contributed by atoms with E-state index in [-0.39, 0.29) is 12.5 Å². The largest absolute Gasteiger partial charge is 0.484 e. The van der Waals surface area contributed by atoms with Crippen molar-refractivity contribution in [3.63, 3.8) is 0 Å². The van der Waals surface area contributed by atoms with Crippen LogP contribution in [-0.2, 0) is 4.79 Å². The van der Waals surface area contributed by atoms with Crippen LogP contribution in [0.2, 0.25) is 4.34 Å². The summed E-state index contributed by atoms with van der Waals surface area (Å²) in [5, 5.41) is 3.85. The number of hydrogen-bond donors (Lipinski definition) is 1. The van der Waals surface area contributed by atoms with Crippen LogP contribution in [0.4, 0.5) is 5.69 Å². The highest BCUT2D eigenvalue weighted by Crippen LogP contribution is 2.20. The Hall–Kier alpha value is -2.05. The fourth-order valence-electron chi connectivity index (χ4n) is 1.60. The van der Waals surface area contributed by atoms with E-state index in [0.29, 0.717) is 10.1 Å². The van der Waals surface area contributed by atoms with Crippen LogP contribution in [0, 0.1) is 0 Å². The molecule has 116 valence electrons. The zero-order valence-electron chi connectivity index (χ0n) is 12.2. The predicted octanol–water partition coefficient (Wildman–Crippen LogP) is 3.00. The third-order valence-corrected chi connectivity index (χ3v) is 3.84. The molecule has 0 spiro atoms. The van der Waals surface area contributed by atoms with E-state index in [4.69, 9.17) is 16.3 Å². The lowest BCUT2D eigenvalue weighted by atomic mass is 10.3. The fraction of sp³-hybridized carbons (Fsp3) is 0.200. The number of hydrazone groups is 1. The van der Waals surface area contributed by atoms with Crippen molar-refractivity contribution in [3.05, 3.63) is 45.6 Å². The molecule has 0 fully saturated rings. The molecule has 2 rings (SSSR count). The third kappa shape index (κ3) is 5.05. The van der Waals surface area contributed by atoms with Gasteiger partial charge in [-0.1, -0.05) is 17.7 Å². The van der Waals surface area contributed by atoms with Gasteiger partial charge in [0.05, 0.1) is 10.6 Å². The molecule has 0 saturated heterocycles. The number of rotatable bonds is 6. The summed E-state index contributed by atoms with van der Waals surface area (Å²) in [6.07, 6.45) is 1.54. The molecule has 1 amide bonds. The van der Waals surface area contributed by atoms with Crippen LogP contribution in [0.1, 0.15) is 4.88 Å². The average molecular weight is 338 g/mol. The molecule has 1 aromatic carbocycles. The molecule has 1 N–H and O–H groups in total. The third-order valence-electron chi connectivity index (χ3n) is 2.68. The Morgan fingerprint density at radius 1 is 1.41 bits per heavy atom. The molecule has 7 heteroatoms. The number of nitrogens with one attached hydrogen (secondary N) is 1. The van der Waals surface area contributed by atoms with Gasteiger partial charge in [0.2, 0.25) is 0 Å².